The van der Waals surface area contributed by atoms with E-state index in [1.54, 1.807) is 5.10 Å². The third kappa shape index (κ3) is 6.24. The summed E-state index contributed by atoms with van der Waals surface area (Å²) < 4.78 is 90.5. The predicted octanol–water partition coefficient (Wildman–Crippen LogP) is 4.26. The fraction of sp³-hybridized carbons (Fsp3) is 0.346. The quantitative estimate of drug-likeness (QED) is 0.297. The topological polar surface area (TPSA) is 123 Å². The lowest BCUT2D eigenvalue weighted by atomic mass is 10.0. The molecule has 0 fully saturated rings. The summed E-state index contributed by atoms with van der Waals surface area (Å²) in [6.45, 7) is 3.60. The van der Waals surface area contributed by atoms with Gasteiger partial charge in [0, 0.05) is 30.6 Å². The number of aromatic nitrogens is 5. The summed E-state index contributed by atoms with van der Waals surface area (Å²) in [4.78, 5) is 32.5. The van der Waals surface area contributed by atoms with Gasteiger partial charge in [0.15, 0.2) is 28.8 Å². The second-order valence-electron chi connectivity index (χ2n) is 9.84. The molecule has 3 heterocycles. The molecular formula is C26H23F6N5O4. The van der Waals surface area contributed by atoms with Gasteiger partial charge in [0.05, 0.1) is 35.4 Å². The van der Waals surface area contributed by atoms with Crippen LogP contribution in [-0.4, -0.2) is 42.1 Å². The van der Waals surface area contributed by atoms with Gasteiger partial charge in [-0.25, -0.2) is 28.2 Å². The molecule has 0 radical (unpaired) electrons. The van der Waals surface area contributed by atoms with E-state index in [0.29, 0.717) is 11.8 Å². The fourth-order valence-electron chi connectivity index (χ4n) is 4.12. The van der Waals surface area contributed by atoms with Crippen molar-refractivity contribution in [1.82, 2.24) is 24.7 Å². The molecule has 0 aliphatic heterocycles. The maximum Gasteiger partial charge on any atom is 0.425 e. The minimum atomic E-state index is -5.05. The Bertz CT molecular complexity index is 1700. The molecule has 2 atom stereocenters. The molecule has 0 aliphatic rings. The van der Waals surface area contributed by atoms with Crippen LogP contribution in [0.3, 0.4) is 0 Å². The zero-order chi connectivity index (χ0) is 30.3. The minimum absolute atomic E-state index is 0.0103. The number of fused-ring (bicyclic) bond motifs is 1. The number of rotatable bonds is 8. The highest BCUT2D eigenvalue weighted by Gasteiger charge is 2.38. The molecule has 0 saturated carbocycles. The number of aromatic amines is 1. The molecule has 0 aliphatic carbocycles. The maximum absolute atomic E-state index is 15.1. The largest absolute Gasteiger partial charge is 0.488 e. The first-order chi connectivity index (χ1) is 19.1. The van der Waals surface area contributed by atoms with Crippen LogP contribution in [0.25, 0.3) is 22.2 Å². The first-order valence-corrected chi connectivity index (χ1v) is 12.1. The minimum Gasteiger partial charge on any atom is -0.488 e. The Morgan fingerprint density at radius 3 is 2.37 bits per heavy atom. The van der Waals surface area contributed by atoms with E-state index >= 15 is 4.39 Å². The van der Waals surface area contributed by atoms with Gasteiger partial charge >= 0.3 is 6.18 Å². The predicted molar refractivity (Wildman–Crippen MR) is 134 cm³/mol. The Hall–Kier alpha value is -4.27. The summed E-state index contributed by atoms with van der Waals surface area (Å²) in [5, 5.41) is 14.3. The number of hydrogen-bond donors (Lipinski definition) is 2. The van der Waals surface area contributed by atoms with E-state index in [9.17, 15) is 36.6 Å². The Labute approximate surface area is 227 Å². The number of alkyl halides is 4. The molecule has 0 amide bonds. The highest BCUT2D eigenvalue weighted by Crippen LogP contribution is 2.33. The first-order valence-electron chi connectivity index (χ1n) is 12.1. The van der Waals surface area contributed by atoms with Gasteiger partial charge in [0.1, 0.15) is 6.17 Å². The number of hydrogen-bond acceptors (Lipinski definition) is 7. The van der Waals surface area contributed by atoms with Crippen molar-refractivity contribution in [1.29, 1.82) is 0 Å². The lowest BCUT2D eigenvalue weighted by Gasteiger charge is -2.19. The zero-order valence-electron chi connectivity index (χ0n) is 21.8. The number of benzene rings is 1. The van der Waals surface area contributed by atoms with Crippen LogP contribution in [0.15, 0.2) is 46.5 Å². The van der Waals surface area contributed by atoms with Crippen LogP contribution in [-0.2, 0) is 18.3 Å². The number of nitrogens with zero attached hydrogens (tertiary/aromatic N) is 4. The van der Waals surface area contributed by atoms with Crippen molar-refractivity contribution in [2.75, 3.05) is 0 Å². The Morgan fingerprint density at radius 1 is 1.10 bits per heavy atom. The van der Waals surface area contributed by atoms with Gasteiger partial charge < -0.3 is 14.4 Å². The van der Waals surface area contributed by atoms with E-state index in [-0.39, 0.29) is 16.8 Å². The standard InChI is InChI=1S/C26H23F6N5O4/c1-12(41-17-10-35-36-23(38)19(17)26(30,31)32)6-15(27)11-37-5-4-13-7-16(20(28)21(29)18(13)24(37)39)22-33-8-14(9-34-22)25(2,3)40/h4-5,7-10,12,15,40H,6,11H2,1-3H3,(H,36,38)/t12-,15-/m1/s1. The second kappa shape index (κ2) is 11.0. The van der Waals surface area contributed by atoms with Gasteiger partial charge in [-0.15, -0.1) is 0 Å². The average Bonchev–Trinajstić information content (AvgIpc) is 2.86. The van der Waals surface area contributed by atoms with E-state index in [2.05, 4.69) is 15.1 Å². The first kappa shape index (κ1) is 29.7. The van der Waals surface area contributed by atoms with E-state index in [4.69, 9.17) is 4.74 Å². The van der Waals surface area contributed by atoms with E-state index < -0.39 is 76.5 Å². The Kier molecular flexibility index (Phi) is 7.94. The van der Waals surface area contributed by atoms with Crippen molar-refractivity contribution in [2.45, 2.75) is 57.8 Å². The van der Waals surface area contributed by atoms with Crippen LogP contribution in [0.5, 0.6) is 5.75 Å². The van der Waals surface area contributed by atoms with E-state index in [0.717, 1.165) is 16.8 Å². The summed E-state index contributed by atoms with van der Waals surface area (Å²) in [6.07, 6.45) is -4.31. The molecule has 3 aromatic heterocycles. The molecule has 4 aromatic rings. The number of halogens is 6. The SMILES string of the molecule is C[C@H](C[C@@H](F)Cn1ccc2cc(-c3ncc(C(C)(C)O)cn3)c(F)c(F)c2c1=O)Oc1cn[nH]c(=O)c1C(F)(F)F. The summed E-state index contributed by atoms with van der Waals surface area (Å²) in [7, 11) is 0. The van der Waals surface area contributed by atoms with Gasteiger partial charge in [-0.05, 0) is 38.3 Å². The maximum atomic E-state index is 15.1. The van der Waals surface area contributed by atoms with Crippen molar-refractivity contribution in [3.8, 4) is 17.1 Å². The number of pyridine rings is 1. The van der Waals surface area contributed by atoms with Crippen LogP contribution < -0.4 is 15.9 Å². The second-order valence-corrected chi connectivity index (χ2v) is 9.84. The molecule has 0 bridgehead atoms. The number of aliphatic hydroxyl groups is 1. The van der Waals surface area contributed by atoms with E-state index in [1.807, 2.05) is 0 Å². The molecule has 2 N–H and O–H groups in total. The van der Waals surface area contributed by atoms with Crippen LogP contribution in [0.2, 0.25) is 0 Å². The molecule has 0 spiro atoms. The monoisotopic (exact) mass is 583 g/mol. The third-order valence-corrected chi connectivity index (χ3v) is 6.16. The van der Waals surface area contributed by atoms with Gasteiger partial charge in [0.2, 0.25) is 0 Å². The Balaban J connectivity index is 1.56. The fourth-order valence-corrected chi connectivity index (χ4v) is 4.12. The molecule has 0 unspecified atom stereocenters. The van der Waals surface area contributed by atoms with Gasteiger partial charge in [-0.3, -0.25) is 9.59 Å². The van der Waals surface area contributed by atoms with Gasteiger partial charge in [-0.1, -0.05) is 0 Å². The van der Waals surface area contributed by atoms with Crippen molar-refractivity contribution in [3.05, 3.63) is 80.4 Å². The number of ether oxygens (including phenoxy) is 1. The molecule has 0 saturated heterocycles. The summed E-state index contributed by atoms with van der Waals surface area (Å²) >= 11 is 0. The molecule has 15 heteroatoms. The molecular weight excluding hydrogens is 560 g/mol. The molecule has 218 valence electrons. The lowest BCUT2D eigenvalue weighted by Crippen LogP contribution is -2.29. The smallest absolute Gasteiger partial charge is 0.425 e. The molecule has 4 rings (SSSR count). The van der Waals surface area contributed by atoms with Gasteiger partial charge in [0.25, 0.3) is 11.1 Å². The Morgan fingerprint density at radius 2 is 1.76 bits per heavy atom. The van der Waals surface area contributed by atoms with E-state index in [1.165, 1.54) is 39.2 Å². The van der Waals surface area contributed by atoms with Crippen LogP contribution >= 0.6 is 0 Å². The summed E-state index contributed by atoms with van der Waals surface area (Å²) in [5.41, 5.74) is -5.47. The highest BCUT2D eigenvalue weighted by molar-refractivity contribution is 5.86. The lowest BCUT2D eigenvalue weighted by molar-refractivity contribution is -0.140. The molecule has 41 heavy (non-hydrogen) atoms. The highest BCUT2D eigenvalue weighted by atomic mass is 19.4. The van der Waals surface area contributed by atoms with Crippen LogP contribution in [0.1, 0.15) is 38.3 Å². The van der Waals surface area contributed by atoms with Gasteiger partial charge in [-0.2, -0.15) is 18.3 Å². The third-order valence-electron chi connectivity index (χ3n) is 6.16. The number of nitrogens with one attached hydrogen (secondary N) is 1. The molecule has 1 aromatic carbocycles. The van der Waals surface area contributed by atoms with Crippen molar-refractivity contribution >= 4 is 10.8 Å². The zero-order valence-corrected chi connectivity index (χ0v) is 21.8. The number of H-pyrrole nitrogens is 1. The summed E-state index contributed by atoms with van der Waals surface area (Å²) in [6, 6.07) is 2.42. The van der Waals surface area contributed by atoms with Crippen molar-refractivity contribution < 1.29 is 36.2 Å². The average molecular weight is 583 g/mol. The summed E-state index contributed by atoms with van der Waals surface area (Å²) in [5.74, 6) is -3.99. The van der Waals surface area contributed by atoms with Crippen molar-refractivity contribution in [2.24, 2.45) is 0 Å². The van der Waals surface area contributed by atoms with Crippen LogP contribution in [0, 0.1) is 11.6 Å². The van der Waals surface area contributed by atoms with Crippen molar-refractivity contribution in [3.63, 3.8) is 0 Å². The molecule has 9 nitrogen and oxygen atoms in total. The normalized spacial score (nSPS) is 13.8. The van der Waals surface area contributed by atoms with Crippen LogP contribution in [0.4, 0.5) is 26.3 Å².